The van der Waals surface area contributed by atoms with Gasteiger partial charge in [0.25, 0.3) is 5.91 Å². The number of halogens is 1. The molecule has 3 rings (SSSR count). The predicted molar refractivity (Wildman–Crippen MR) is 106 cm³/mol. The lowest BCUT2D eigenvalue weighted by molar-refractivity contribution is -0.131. The van der Waals surface area contributed by atoms with Crippen molar-refractivity contribution in [2.45, 2.75) is 0 Å². The lowest BCUT2D eigenvalue weighted by Crippen LogP contribution is -2.58. The van der Waals surface area contributed by atoms with Crippen molar-refractivity contribution < 1.29 is 23.9 Å². The van der Waals surface area contributed by atoms with Crippen LogP contribution in [0.4, 0.5) is 16.2 Å². The number of nitrogens with zero attached hydrogens (tertiary/aromatic N) is 2. The van der Waals surface area contributed by atoms with E-state index in [0.717, 1.165) is 9.37 Å². The number of carbonyl (C=O) groups is 3. The maximum Gasteiger partial charge on any atom is 0.335 e. The van der Waals surface area contributed by atoms with Crippen molar-refractivity contribution in [2.75, 3.05) is 19.1 Å². The minimum atomic E-state index is -1.27. The molecule has 0 saturated carbocycles. The van der Waals surface area contributed by atoms with Crippen molar-refractivity contribution in [2.24, 2.45) is 10.9 Å². The van der Waals surface area contributed by atoms with Crippen molar-refractivity contribution in [1.82, 2.24) is 5.32 Å². The number of hydrogen-bond donors (Lipinski definition) is 1. The molecule has 1 saturated heterocycles. The highest BCUT2D eigenvalue weighted by atomic mass is 79.9. The Labute approximate surface area is 169 Å². The van der Waals surface area contributed by atoms with Crippen LogP contribution < -0.4 is 19.7 Å². The Bertz CT molecular complexity index is 976. The molecular weight excluding hydrogens is 430 g/mol. The molecule has 1 heterocycles. The van der Waals surface area contributed by atoms with Gasteiger partial charge in [-0.15, -0.1) is 0 Å². The van der Waals surface area contributed by atoms with Crippen molar-refractivity contribution in [1.29, 1.82) is 0 Å². The molecule has 9 heteroatoms. The maximum atomic E-state index is 12.9. The van der Waals surface area contributed by atoms with Gasteiger partial charge in [-0.25, -0.2) is 9.69 Å². The Morgan fingerprint density at radius 1 is 1.11 bits per heavy atom. The zero-order valence-corrected chi connectivity index (χ0v) is 16.6. The van der Waals surface area contributed by atoms with Crippen LogP contribution in [0.15, 0.2) is 51.9 Å². The third-order valence-corrected chi connectivity index (χ3v) is 4.51. The van der Waals surface area contributed by atoms with Crippen LogP contribution in [-0.2, 0) is 9.59 Å². The van der Waals surface area contributed by atoms with Gasteiger partial charge in [0.15, 0.2) is 5.92 Å². The summed E-state index contributed by atoms with van der Waals surface area (Å²) in [6.07, 6.45) is 1.20. The average Bonchev–Trinajstić information content (AvgIpc) is 2.68. The summed E-state index contributed by atoms with van der Waals surface area (Å²) in [5, 5.41) is 2.18. The first-order valence-electron chi connectivity index (χ1n) is 8.15. The second-order valence-corrected chi connectivity index (χ2v) is 6.66. The van der Waals surface area contributed by atoms with E-state index in [-0.39, 0.29) is 5.69 Å². The molecule has 0 spiro atoms. The number of ether oxygens (including phenoxy) is 2. The molecule has 0 radical (unpaired) electrons. The van der Waals surface area contributed by atoms with E-state index < -0.39 is 23.8 Å². The highest BCUT2D eigenvalue weighted by molar-refractivity contribution is 9.10. The number of urea groups is 1. The molecule has 8 nitrogen and oxygen atoms in total. The fraction of sp³-hybridized carbons (Fsp3) is 0.158. The molecule has 2 aromatic rings. The number of rotatable bonds is 5. The zero-order valence-electron chi connectivity index (χ0n) is 15.0. The van der Waals surface area contributed by atoms with Gasteiger partial charge in [-0.1, -0.05) is 22.0 Å². The lowest BCUT2D eigenvalue weighted by Gasteiger charge is -2.28. The molecule has 0 aliphatic carbocycles. The third kappa shape index (κ3) is 3.89. The van der Waals surface area contributed by atoms with Crippen LogP contribution in [-0.4, -0.2) is 38.3 Å². The summed E-state index contributed by atoms with van der Waals surface area (Å²) in [5.74, 6) is -1.78. The van der Waals surface area contributed by atoms with E-state index in [1.807, 2.05) is 0 Å². The molecule has 1 aliphatic heterocycles. The van der Waals surface area contributed by atoms with Crippen LogP contribution in [0.25, 0.3) is 0 Å². The van der Waals surface area contributed by atoms with Crippen LogP contribution >= 0.6 is 15.9 Å². The van der Waals surface area contributed by atoms with E-state index in [4.69, 9.17) is 9.47 Å². The van der Waals surface area contributed by atoms with Crippen LogP contribution in [0, 0.1) is 5.92 Å². The summed E-state index contributed by atoms with van der Waals surface area (Å²) in [5.41, 5.74) is 0.718. The fourth-order valence-electron chi connectivity index (χ4n) is 2.63. The van der Waals surface area contributed by atoms with Crippen molar-refractivity contribution in [3.05, 3.63) is 46.9 Å². The predicted octanol–water partition coefficient (Wildman–Crippen LogP) is 3.07. The number of carbonyl (C=O) groups excluding carboxylic acids is 3. The van der Waals surface area contributed by atoms with E-state index in [2.05, 4.69) is 26.2 Å². The van der Waals surface area contributed by atoms with Gasteiger partial charge in [0.05, 0.1) is 19.9 Å². The minimum Gasteiger partial charge on any atom is -0.497 e. The van der Waals surface area contributed by atoms with Gasteiger partial charge in [-0.05, 0) is 30.3 Å². The molecule has 1 fully saturated rings. The number of aliphatic imine (C=N–C) groups is 1. The highest BCUT2D eigenvalue weighted by Crippen LogP contribution is 2.31. The van der Waals surface area contributed by atoms with Gasteiger partial charge < -0.3 is 9.47 Å². The molecule has 1 aliphatic rings. The standard InChI is InChI=1S/C19H16BrN3O5/c1-27-13-5-3-4-12(9-13)23-18(25)14(17(24)22-19(23)26)10-21-15-8-11(20)6-7-16(15)28-2/h3-10,14H,1-2H3,(H,22,24,26)/t14-/m1/s1. The maximum absolute atomic E-state index is 12.9. The molecule has 28 heavy (non-hydrogen) atoms. The Hall–Kier alpha value is -3.20. The average molecular weight is 446 g/mol. The number of barbiturate groups is 1. The van der Waals surface area contributed by atoms with Gasteiger partial charge in [0.1, 0.15) is 17.2 Å². The third-order valence-electron chi connectivity index (χ3n) is 4.02. The lowest BCUT2D eigenvalue weighted by atomic mass is 10.1. The topological polar surface area (TPSA) is 97.3 Å². The summed E-state index contributed by atoms with van der Waals surface area (Å²) >= 11 is 3.34. The Morgan fingerprint density at radius 3 is 2.61 bits per heavy atom. The first-order valence-corrected chi connectivity index (χ1v) is 8.94. The minimum absolute atomic E-state index is 0.285. The summed E-state index contributed by atoms with van der Waals surface area (Å²) in [4.78, 5) is 42.4. The van der Waals surface area contributed by atoms with Gasteiger partial charge >= 0.3 is 6.03 Å². The quantitative estimate of drug-likeness (QED) is 0.563. The van der Waals surface area contributed by atoms with Crippen LogP contribution in [0.5, 0.6) is 11.5 Å². The molecule has 1 N–H and O–H groups in total. The van der Waals surface area contributed by atoms with Crippen LogP contribution in [0.1, 0.15) is 0 Å². The second kappa shape index (κ2) is 8.22. The van der Waals surface area contributed by atoms with E-state index >= 15 is 0 Å². The smallest absolute Gasteiger partial charge is 0.335 e. The molecule has 2 aromatic carbocycles. The number of methoxy groups -OCH3 is 2. The van der Waals surface area contributed by atoms with Crippen molar-refractivity contribution in [3.8, 4) is 11.5 Å². The Kier molecular flexibility index (Phi) is 5.74. The summed E-state index contributed by atoms with van der Waals surface area (Å²) < 4.78 is 11.1. The van der Waals surface area contributed by atoms with Gasteiger partial charge in [-0.3, -0.25) is 19.9 Å². The first-order chi connectivity index (χ1) is 13.4. The molecule has 144 valence electrons. The number of hydrogen-bond acceptors (Lipinski definition) is 6. The summed E-state index contributed by atoms with van der Waals surface area (Å²) in [6, 6.07) is 10.8. The SMILES string of the molecule is COc1cccc(N2C(=O)NC(=O)[C@@H](C=Nc3cc(Br)ccc3OC)C2=O)c1. The largest absolute Gasteiger partial charge is 0.497 e. The van der Waals surface area contributed by atoms with Crippen LogP contribution in [0.3, 0.4) is 0 Å². The molecule has 0 unspecified atom stereocenters. The van der Waals surface area contributed by atoms with Gasteiger partial charge in [0.2, 0.25) is 5.91 Å². The summed E-state index contributed by atoms with van der Waals surface area (Å²) in [7, 11) is 2.96. The fourth-order valence-corrected chi connectivity index (χ4v) is 2.98. The molecule has 1 atom stereocenters. The number of nitrogens with one attached hydrogen (secondary N) is 1. The Morgan fingerprint density at radius 2 is 1.89 bits per heavy atom. The van der Waals surface area contributed by atoms with Crippen LogP contribution in [0.2, 0.25) is 0 Å². The number of amides is 4. The van der Waals surface area contributed by atoms with Gasteiger partial charge in [0, 0.05) is 16.8 Å². The van der Waals surface area contributed by atoms with E-state index in [1.165, 1.54) is 26.5 Å². The normalized spacial score (nSPS) is 17.0. The first kappa shape index (κ1) is 19.6. The Balaban J connectivity index is 1.93. The zero-order chi connectivity index (χ0) is 20.3. The summed E-state index contributed by atoms with van der Waals surface area (Å²) in [6.45, 7) is 0. The molecule has 0 aromatic heterocycles. The number of imide groups is 2. The molecule has 4 amide bonds. The van der Waals surface area contributed by atoms with Crippen molar-refractivity contribution in [3.63, 3.8) is 0 Å². The van der Waals surface area contributed by atoms with Gasteiger partial charge in [-0.2, -0.15) is 0 Å². The second-order valence-electron chi connectivity index (χ2n) is 5.74. The van der Waals surface area contributed by atoms with E-state index in [0.29, 0.717) is 17.2 Å². The van der Waals surface area contributed by atoms with Crippen molar-refractivity contribution >= 4 is 51.4 Å². The van der Waals surface area contributed by atoms with E-state index in [9.17, 15) is 14.4 Å². The highest BCUT2D eigenvalue weighted by Gasteiger charge is 2.40. The number of anilines is 1. The monoisotopic (exact) mass is 445 g/mol. The molecular formula is C19H16BrN3O5. The van der Waals surface area contributed by atoms with E-state index in [1.54, 1.807) is 36.4 Å². The number of benzene rings is 2. The molecule has 0 bridgehead atoms.